The van der Waals surface area contributed by atoms with Crippen molar-refractivity contribution in [2.45, 2.75) is 94.4 Å². The number of esters is 8. The van der Waals surface area contributed by atoms with Gasteiger partial charge in [0.25, 0.3) is 23.9 Å². The molecule has 20 nitrogen and oxygen atoms in total. The van der Waals surface area contributed by atoms with E-state index in [1.807, 2.05) is 0 Å². The number of methoxy groups -OCH3 is 8. The average Bonchev–Trinajstić information content (AvgIpc) is 3.12. The van der Waals surface area contributed by atoms with Crippen molar-refractivity contribution in [3.63, 3.8) is 0 Å². The minimum Gasteiger partial charge on any atom is -0.652 e. The van der Waals surface area contributed by atoms with Gasteiger partial charge in [0.05, 0.1) is 56.9 Å². The standard InChI is InChI=1S/4C7H12NO4.6CH4.2Y/c4*1-8-5(7(10)12-3)4-6(9)11-2;;;;;;;;/h4*5H,4H2,1-3H3;6*1H4;;/q4*-1;;;;;;;;. The number of nitrogens with zero attached hydrogens (tertiary/aromatic N) is 4. The molecule has 334 valence electrons. The Morgan fingerprint density at radius 3 is 0.518 bits per heavy atom. The number of carbonyl (C=O) groups excluding carboxylic acids is 8. The molecule has 4 unspecified atom stereocenters. The van der Waals surface area contributed by atoms with Crippen LogP contribution in [0.4, 0.5) is 0 Å². The Bertz CT molecular complexity index is 844. The summed E-state index contributed by atoms with van der Waals surface area (Å²) in [5, 5.41) is 14.7. The quantitative estimate of drug-likeness (QED) is 0.155. The summed E-state index contributed by atoms with van der Waals surface area (Å²) in [6.45, 7) is 0. The molecule has 0 saturated heterocycles. The van der Waals surface area contributed by atoms with Gasteiger partial charge < -0.3 is 59.2 Å². The van der Waals surface area contributed by atoms with E-state index in [4.69, 9.17) is 0 Å². The van der Waals surface area contributed by atoms with E-state index in [1.165, 1.54) is 85.1 Å². The van der Waals surface area contributed by atoms with Crippen LogP contribution < -0.4 is 0 Å². The fraction of sp³-hybridized carbons (Fsp3) is 0.765. The molecule has 22 heteroatoms. The molecule has 0 aliphatic carbocycles. The van der Waals surface area contributed by atoms with E-state index < -0.39 is 71.9 Å². The zero-order valence-electron chi connectivity index (χ0n) is 30.6. The van der Waals surface area contributed by atoms with Crippen LogP contribution >= 0.6 is 0 Å². The Morgan fingerprint density at radius 2 is 0.446 bits per heavy atom. The zero-order valence-corrected chi connectivity index (χ0v) is 36.3. The number of ether oxygens (including phenoxy) is 8. The molecule has 0 amide bonds. The van der Waals surface area contributed by atoms with Crippen LogP contribution in [-0.4, -0.2) is 157 Å². The maximum Gasteiger partial charge on any atom is 0.304 e. The molecule has 0 rings (SSSR count). The van der Waals surface area contributed by atoms with Crippen LogP contribution in [0.1, 0.15) is 70.2 Å². The first kappa shape index (κ1) is 85.8. The second kappa shape index (κ2) is 57.1. The van der Waals surface area contributed by atoms with Crippen LogP contribution in [-0.2, 0) is 142 Å². The van der Waals surface area contributed by atoms with Gasteiger partial charge in [-0.3, -0.25) is 38.4 Å². The van der Waals surface area contributed by atoms with Crippen LogP contribution in [0.15, 0.2) is 0 Å². The molecular formula is C34H72N4O16Y2-4. The Hall–Kier alpha value is -2.19. The summed E-state index contributed by atoms with van der Waals surface area (Å²) in [5.41, 5.74) is 0. The molecule has 0 fully saturated rings. The minimum atomic E-state index is -0.748. The van der Waals surface area contributed by atoms with Crippen molar-refractivity contribution in [1.29, 1.82) is 0 Å². The summed E-state index contributed by atoms with van der Waals surface area (Å²) in [6, 6.07) is -2.99. The van der Waals surface area contributed by atoms with Gasteiger partial charge in [0.1, 0.15) is 0 Å². The third-order valence-corrected chi connectivity index (χ3v) is 5.49. The van der Waals surface area contributed by atoms with Gasteiger partial charge in [-0.1, -0.05) is 44.6 Å². The molecule has 0 aromatic rings. The molecule has 0 aromatic heterocycles. The largest absolute Gasteiger partial charge is 0.652 e. The van der Waals surface area contributed by atoms with Crippen molar-refractivity contribution in [3.05, 3.63) is 21.3 Å². The number of rotatable bonds is 16. The SMILES string of the molecule is C.C.C.C.C.C.C[N-]C(CC(=O)OC)C(=O)OC.C[N-]C(CC(=O)OC)C(=O)OC.C[N-]C(CC(=O)OC)C(=O)OC.C[N-]C(CC(=O)OC)C(=O)OC.[Y].[Y]. The molecule has 0 spiro atoms. The first-order chi connectivity index (χ1) is 22.6. The number of hydrogen-bond donors (Lipinski definition) is 0. The Kier molecular flexibility index (Phi) is 87.6. The fourth-order valence-corrected chi connectivity index (χ4v) is 2.63. The third kappa shape index (κ3) is 46.2. The smallest absolute Gasteiger partial charge is 0.304 e. The van der Waals surface area contributed by atoms with Gasteiger partial charge in [0, 0.05) is 91.1 Å². The summed E-state index contributed by atoms with van der Waals surface area (Å²) in [6.07, 6.45) is -0.279. The zero-order chi connectivity index (χ0) is 38.2. The fourth-order valence-electron chi connectivity index (χ4n) is 2.63. The summed E-state index contributed by atoms with van der Waals surface area (Å²) >= 11 is 0. The van der Waals surface area contributed by atoms with Crippen LogP contribution in [0.3, 0.4) is 0 Å². The topological polar surface area (TPSA) is 267 Å². The molecule has 0 aliphatic heterocycles. The van der Waals surface area contributed by atoms with E-state index in [0.29, 0.717) is 0 Å². The number of likely N-dealkylation sites (N-methyl/N-ethyl adjacent to an activating group) is 4. The van der Waals surface area contributed by atoms with E-state index in [9.17, 15) is 38.4 Å². The van der Waals surface area contributed by atoms with Crippen molar-refractivity contribution >= 4 is 47.8 Å². The van der Waals surface area contributed by atoms with E-state index in [-0.39, 0.29) is 136 Å². The van der Waals surface area contributed by atoms with Crippen LogP contribution in [0.25, 0.3) is 21.3 Å². The third-order valence-electron chi connectivity index (χ3n) is 5.49. The first-order valence-corrected chi connectivity index (χ1v) is 13.6. The van der Waals surface area contributed by atoms with Crippen molar-refractivity contribution in [2.75, 3.05) is 85.1 Å². The maximum absolute atomic E-state index is 10.9. The van der Waals surface area contributed by atoms with Gasteiger partial charge in [-0.05, 0) is 24.2 Å². The van der Waals surface area contributed by atoms with Crippen molar-refractivity contribution in [3.8, 4) is 0 Å². The van der Waals surface area contributed by atoms with Crippen molar-refractivity contribution < 1.29 is 142 Å². The molecule has 0 saturated carbocycles. The van der Waals surface area contributed by atoms with Gasteiger partial charge >= 0.3 is 23.9 Å². The molecule has 0 heterocycles. The molecule has 2 radical (unpaired) electrons. The number of carbonyl (C=O) groups is 8. The Labute approximate surface area is 387 Å². The molecular weight excluding hydrogens is 898 g/mol. The van der Waals surface area contributed by atoms with E-state index in [2.05, 4.69) is 59.2 Å². The number of hydrogen-bond acceptors (Lipinski definition) is 16. The van der Waals surface area contributed by atoms with Gasteiger partial charge in [-0.25, -0.2) is 0 Å². The maximum atomic E-state index is 10.9. The molecule has 0 N–H and O–H groups in total. The van der Waals surface area contributed by atoms with E-state index >= 15 is 0 Å². The molecule has 0 aliphatic rings. The van der Waals surface area contributed by atoms with Gasteiger partial charge in [0.15, 0.2) is 0 Å². The summed E-state index contributed by atoms with van der Waals surface area (Å²) in [7, 11) is 15.8. The summed E-state index contributed by atoms with van der Waals surface area (Å²) in [4.78, 5) is 86.3. The minimum absolute atomic E-state index is 0. The molecule has 0 aromatic carbocycles. The van der Waals surface area contributed by atoms with Gasteiger partial charge in [-0.2, -0.15) is 28.2 Å². The molecule has 0 bridgehead atoms. The van der Waals surface area contributed by atoms with E-state index in [1.54, 1.807) is 0 Å². The van der Waals surface area contributed by atoms with E-state index in [0.717, 1.165) is 0 Å². The summed E-state index contributed by atoms with van der Waals surface area (Å²) < 4.78 is 35.1. The molecule has 56 heavy (non-hydrogen) atoms. The Morgan fingerprint density at radius 1 is 0.321 bits per heavy atom. The monoisotopic (exact) mass is 970 g/mol. The van der Waals surface area contributed by atoms with Gasteiger partial charge in [-0.15, -0.1) is 0 Å². The Balaban J connectivity index is -0.0000000440. The normalized spacial score (nSPS) is 10.2. The van der Waals surface area contributed by atoms with Crippen molar-refractivity contribution in [1.82, 2.24) is 0 Å². The predicted molar refractivity (Wildman–Crippen MR) is 207 cm³/mol. The molecule has 4 atom stereocenters. The van der Waals surface area contributed by atoms with Crippen LogP contribution in [0.5, 0.6) is 0 Å². The van der Waals surface area contributed by atoms with Crippen molar-refractivity contribution in [2.24, 2.45) is 0 Å². The van der Waals surface area contributed by atoms with Gasteiger partial charge in [0.2, 0.25) is 0 Å². The predicted octanol–water partition coefficient (Wildman–Crippen LogP) is 4.19. The first-order valence-electron chi connectivity index (χ1n) is 13.6. The summed E-state index contributed by atoms with van der Waals surface area (Å²) in [5.74, 6) is -4.00. The van der Waals surface area contributed by atoms with Crippen LogP contribution in [0, 0.1) is 0 Å². The average molecular weight is 971 g/mol. The second-order valence-corrected chi connectivity index (χ2v) is 8.31. The van der Waals surface area contributed by atoms with Crippen LogP contribution in [0.2, 0.25) is 0 Å². The second-order valence-electron chi connectivity index (χ2n) is 8.31.